The third kappa shape index (κ3) is 2.77. The van der Waals surface area contributed by atoms with Crippen LogP contribution in [0.4, 0.5) is 0 Å². The number of unbranched alkanes of at least 4 members (excludes halogenated alkanes) is 1. The van der Waals surface area contributed by atoms with Gasteiger partial charge in [0.1, 0.15) is 11.4 Å². The molecule has 2 fully saturated rings. The molecule has 0 radical (unpaired) electrons. The Balaban J connectivity index is 1.59. The van der Waals surface area contributed by atoms with Gasteiger partial charge in [-0.2, -0.15) is 0 Å². The molecule has 1 saturated carbocycles. The average Bonchev–Trinajstić information content (AvgIpc) is 3.30. The first-order chi connectivity index (χ1) is 12.5. The molecule has 1 amide bonds. The van der Waals surface area contributed by atoms with Crippen LogP contribution < -0.4 is 5.32 Å². The van der Waals surface area contributed by atoms with Crippen LogP contribution in [-0.4, -0.2) is 48.8 Å². The summed E-state index contributed by atoms with van der Waals surface area (Å²) in [6.07, 6.45) is 3.09. The lowest BCUT2D eigenvalue weighted by Gasteiger charge is -2.25. The summed E-state index contributed by atoms with van der Waals surface area (Å²) in [7, 11) is -3.24. The van der Waals surface area contributed by atoms with E-state index in [0.29, 0.717) is 31.8 Å². The first-order valence-electron chi connectivity index (χ1n) is 9.41. The summed E-state index contributed by atoms with van der Waals surface area (Å²) < 4.78 is 26.8. The third-order valence-corrected chi connectivity index (χ3v) is 7.94. The van der Waals surface area contributed by atoms with E-state index in [1.165, 1.54) is 0 Å². The Kier molecular flexibility index (Phi) is 4.39. The van der Waals surface area contributed by atoms with Crippen LogP contribution in [0.3, 0.4) is 0 Å². The maximum Gasteiger partial charge on any atom is 0.253 e. The fraction of sp³-hybridized carbons (Fsp3) is 0.579. The molecule has 2 heterocycles. The van der Waals surface area contributed by atoms with Gasteiger partial charge < -0.3 is 5.32 Å². The quantitative estimate of drug-likeness (QED) is 0.852. The van der Waals surface area contributed by atoms with Gasteiger partial charge in [-0.1, -0.05) is 43.7 Å². The van der Waals surface area contributed by atoms with Crippen molar-refractivity contribution in [2.24, 2.45) is 16.8 Å². The minimum atomic E-state index is -3.24. The normalized spacial score (nSPS) is 31.3. The lowest BCUT2D eigenvalue weighted by Crippen LogP contribution is -2.45. The fourth-order valence-corrected chi connectivity index (χ4v) is 6.30. The van der Waals surface area contributed by atoms with E-state index in [0.717, 1.165) is 18.4 Å². The van der Waals surface area contributed by atoms with E-state index in [1.54, 1.807) is 4.31 Å². The number of nitrogens with zero attached hydrogens (tertiary/aromatic N) is 2. The monoisotopic (exact) mass is 375 g/mol. The zero-order valence-corrected chi connectivity index (χ0v) is 15.8. The zero-order chi connectivity index (χ0) is 18.4. The Morgan fingerprint density at radius 2 is 2.04 bits per heavy atom. The largest absolute Gasteiger partial charge is 0.308 e. The molecular weight excluding hydrogens is 350 g/mol. The standard InChI is InChI=1S/C19H25N3O3S/c1-2-3-11-26(24,25)22-12-15-9-10-19(16(15)13-22)18(23)20-17(21-19)14-7-5-4-6-8-14/h4-8,15-16H,2-3,9-13H2,1H3,(H,20,21,23)/t15-,16+,19-/m1/s1. The minimum Gasteiger partial charge on any atom is -0.308 e. The minimum absolute atomic E-state index is 0.0277. The SMILES string of the molecule is CCCCS(=O)(=O)N1C[C@H]2CC[C@@]3(N=C(c4ccccc4)NC3=O)[C@H]2C1. The molecular formula is C19H25N3O3S. The van der Waals surface area contributed by atoms with Crippen LogP contribution in [0.1, 0.15) is 38.2 Å². The van der Waals surface area contributed by atoms with Gasteiger partial charge in [-0.25, -0.2) is 12.7 Å². The fourth-order valence-electron chi connectivity index (χ4n) is 4.59. The predicted octanol–water partition coefficient (Wildman–Crippen LogP) is 1.77. The zero-order valence-electron chi connectivity index (χ0n) is 15.0. The van der Waals surface area contributed by atoms with Crippen LogP contribution in [0.2, 0.25) is 0 Å². The summed E-state index contributed by atoms with van der Waals surface area (Å²) in [5.41, 5.74) is 0.0943. The molecule has 1 aliphatic carbocycles. The van der Waals surface area contributed by atoms with Gasteiger partial charge in [0.2, 0.25) is 10.0 Å². The van der Waals surface area contributed by atoms with Gasteiger partial charge in [-0.15, -0.1) is 0 Å². The molecule has 1 aromatic carbocycles. The number of carbonyl (C=O) groups excluding carboxylic acids is 1. The van der Waals surface area contributed by atoms with Crippen molar-refractivity contribution in [2.45, 2.75) is 38.1 Å². The lowest BCUT2D eigenvalue weighted by molar-refractivity contribution is -0.124. The topological polar surface area (TPSA) is 78.8 Å². The molecule has 3 atom stereocenters. The molecule has 3 aliphatic rings. The van der Waals surface area contributed by atoms with Crippen molar-refractivity contribution in [3.05, 3.63) is 35.9 Å². The van der Waals surface area contributed by atoms with Gasteiger partial charge in [0.05, 0.1) is 5.75 Å². The van der Waals surface area contributed by atoms with Crippen molar-refractivity contribution in [3.8, 4) is 0 Å². The number of fused-ring (bicyclic) bond motifs is 2. The summed E-state index contributed by atoms with van der Waals surface area (Å²) in [6, 6.07) is 9.63. The number of aliphatic imine (C=N–C) groups is 1. The van der Waals surface area contributed by atoms with Crippen molar-refractivity contribution in [1.29, 1.82) is 0 Å². The molecule has 0 bridgehead atoms. The van der Waals surface area contributed by atoms with Crippen molar-refractivity contribution in [3.63, 3.8) is 0 Å². The van der Waals surface area contributed by atoms with Gasteiger partial charge >= 0.3 is 0 Å². The molecule has 1 saturated heterocycles. The number of rotatable bonds is 5. The van der Waals surface area contributed by atoms with E-state index < -0.39 is 15.6 Å². The van der Waals surface area contributed by atoms with Crippen molar-refractivity contribution < 1.29 is 13.2 Å². The molecule has 140 valence electrons. The smallest absolute Gasteiger partial charge is 0.253 e. The summed E-state index contributed by atoms with van der Waals surface area (Å²) in [4.78, 5) is 17.7. The van der Waals surface area contributed by atoms with Gasteiger partial charge in [0.25, 0.3) is 5.91 Å². The predicted molar refractivity (Wildman–Crippen MR) is 100 cm³/mol. The number of hydrogen-bond acceptors (Lipinski definition) is 4. The van der Waals surface area contributed by atoms with E-state index in [-0.39, 0.29) is 23.5 Å². The van der Waals surface area contributed by atoms with Crippen molar-refractivity contribution >= 4 is 21.8 Å². The van der Waals surface area contributed by atoms with Gasteiger partial charge in [0.15, 0.2) is 0 Å². The van der Waals surface area contributed by atoms with Crippen LogP contribution in [0, 0.1) is 11.8 Å². The molecule has 1 N–H and O–H groups in total. The Bertz CT molecular complexity index is 837. The van der Waals surface area contributed by atoms with Crippen LogP contribution in [0.15, 0.2) is 35.3 Å². The van der Waals surface area contributed by atoms with Crippen molar-refractivity contribution in [2.75, 3.05) is 18.8 Å². The van der Waals surface area contributed by atoms with E-state index in [2.05, 4.69) is 5.32 Å². The number of sulfonamides is 1. The van der Waals surface area contributed by atoms with E-state index >= 15 is 0 Å². The highest BCUT2D eigenvalue weighted by Crippen LogP contribution is 2.49. The van der Waals surface area contributed by atoms with E-state index in [1.807, 2.05) is 37.3 Å². The second kappa shape index (κ2) is 6.46. The lowest BCUT2D eigenvalue weighted by atomic mass is 9.85. The third-order valence-electron chi connectivity index (χ3n) is 6.05. The molecule has 26 heavy (non-hydrogen) atoms. The molecule has 0 aromatic heterocycles. The Hall–Kier alpha value is -1.73. The molecule has 1 aromatic rings. The molecule has 0 unspecified atom stereocenters. The number of carbonyl (C=O) groups is 1. The maximum absolute atomic E-state index is 12.9. The average molecular weight is 375 g/mol. The van der Waals surface area contributed by atoms with Gasteiger partial charge in [-0.3, -0.25) is 9.79 Å². The summed E-state index contributed by atoms with van der Waals surface area (Å²) in [5, 5.41) is 2.95. The van der Waals surface area contributed by atoms with Crippen LogP contribution >= 0.6 is 0 Å². The highest BCUT2D eigenvalue weighted by Gasteiger charge is 2.60. The number of amides is 1. The maximum atomic E-state index is 12.9. The first kappa shape index (κ1) is 17.7. The van der Waals surface area contributed by atoms with Crippen LogP contribution in [0.5, 0.6) is 0 Å². The van der Waals surface area contributed by atoms with Gasteiger partial charge in [-0.05, 0) is 25.2 Å². The van der Waals surface area contributed by atoms with Crippen LogP contribution in [0.25, 0.3) is 0 Å². The van der Waals surface area contributed by atoms with Crippen LogP contribution in [-0.2, 0) is 14.8 Å². The molecule has 1 spiro atoms. The Morgan fingerprint density at radius 3 is 2.77 bits per heavy atom. The number of amidine groups is 1. The summed E-state index contributed by atoms with van der Waals surface area (Å²) >= 11 is 0. The number of hydrogen-bond donors (Lipinski definition) is 1. The Morgan fingerprint density at radius 1 is 1.27 bits per heavy atom. The highest BCUT2D eigenvalue weighted by atomic mass is 32.2. The van der Waals surface area contributed by atoms with Gasteiger partial charge in [0, 0.05) is 24.6 Å². The van der Waals surface area contributed by atoms with E-state index in [9.17, 15) is 13.2 Å². The summed E-state index contributed by atoms with van der Waals surface area (Å²) in [6.45, 7) is 2.93. The highest BCUT2D eigenvalue weighted by molar-refractivity contribution is 7.89. The number of benzene rings is 1. The molecule has 2 aliphatic heterocycles. The molecule has 7 heteroatoms. The molecule has 6 nitrogen and oxygen atoms in total. The molecule has 4 rings (SSSR count). The van der Waals surface area contributed by atoms with E-state index in [4.69, 9.17) is 4.99 Å². The first-order valence-corrected chi connectivity index (χ1v) is 11.0. The second-order valence-electron chi connectivity index (χ2n) is 7.60. The summed E-state index contributed by atoms with van der Waals surface area (Å²) in [5.74, 6) is 0.928. The second-order valence-corrected chi connectivity index (χ2v) is 9.69. The van der Waals surface area contributed by atoms with Crippen molar-refractivity contribution in [1.82, 2.24) is 9.62 Å². The Labute approximate surface area is 154 Å². The number of nitrogens with one attached hydrogen (secondary N) is 1.